The molecule has 1 aromatic heterocycles. The van der Waals surface area contributed by atoms with Gasteiger partial charge in [-0.1, -0.05) is 13.3 Å². The minimum absolute atomic E-state index is 0.623. The highest BCUT2D eigenvalue weighted by Gasteiger charge is 2.25. The van der Waals surface area contributed by atoms with E-state index in [1.54, 1.807) is 6.33 Å². The molecule has 0 spiro atoms. The van der Waals surface area contributed by atoms with Gasteiger partial charge in [-0.3, -0.25) is 0 Å². The highest BCUT2D eigenvalue weighted by molar-refractivity contribution is 5.41. The summed E-state index contributed by atoms with van der Waals surface area (Å²) in [6, 6.07) is 2.78. The summed E-state index contributed by atoms with van der Waals surface area (Å²) < 4.78 is 0. The van der Waals surface area contributed by atoms with E-state index in [0.29, 0.717) is 6.04 Å². The number of anilines is 1. The van der Waals surface area contributed by atoms with Crippen molar-refractivity contribution in [2.75, 3.05) is 18.0 Å². The Balaban J connectivity index is 2.06. The zero-order chi connectivity index (χ0) is 12.8. The van der Waals surface area contributed by atoms with E-state index in [4.69, 9.17) is 5.73 Å². The van der Waals surface area contributed by atoms with E-state index >= 15 is 0 Å². The molecule has 0 bridgehead atoms. The second-order valence-corrected chi connectivity index (χ2v) is 5.04. The molecule has 1 aliphatic rings. The minimum Gasteiger partial charge on any atom is -0.354 e. The summed E-state index contributed by atoms with van der Waals surface area (Å²) in [5.41, 5.74) is 6.77. The first kappa shape index (κ1) is 13.3. The molecular weight excluding hydrogens is 224 g/mol. The zero-order valence-electron chi connectivity index (χ0n) is 11.3. The summed E-state index contributed by atoms with van der Waals surface area (Å²) in [5.74, 6) is 1.10. The Hall–Kier alpha value is -1.16. The molecule has 18 heavy (non-hydrogen) atoms. The van der Waals surface area contributed by atoms with Crippen LogP contribution in [0.25, 0.3) is 0 Å². The number of hydrogen-bond donors (Lipinski definition) is 1. The van der Waals surface area contributed by atoms with Gasteiger partial charge in [-0.15, -0.1) is 0 Å². The zero-order valence-corrected chi connectivity index (χ0v) is 11.3. The molecule has 1 aromatic rings. The van der Waals surface area contributed by atoms with Crippen LogP contribution in [0.2, 0.25) is 0 Å². The van der Waals surface area contributed by atoms with Crippen LogP contribution in [0.3, 0.4) is 0 Å². The molecule has 100 valence electrons. The summed E-state index contributed by atoms with van der Waals surface area (Å²) in [7, 11) is 0. The monoisotopic (exact) mass is 248 g/mol. The second-order valence-electron chi connectivity index (χ2n) is 5.04. The van der Waals surface area contributed by atoms with Crippen LogP contribution in [-0.4, -0.2) is 29.1 Å². The molecule has 0 saturated carbocycles. The van der Waals surface area contributed by atoms with Crippen molar-refractivity contribution in [3.8, 4) is 0 Å². The van der Waals surface area contributed by atoms with Crippen LogP contribution in [0.15, 0.2) is 12.4 Å². The van der Waals surface area contributed by atoms with Crippen LogP contribution < -0.4 is 10.6 Å². The average Bonchev–Trinajstić information content (AvgIpc) is 2.85. The van der Waals surface area contributed by atoms with Crippen LogP contribution in [0.1, 0.15) is 44.7 Å². The average molecular weight is 248 g/mol. The minimum atomic E-state index is 0.623. The molecule has 2 heterocycles. The lowest BCUT2D eigenvalue weighted by Crippen LogP contribution is -2.30. The van der Waals surface area contributed by atoms with Gasteiger partial charge in [0.05, 0.1) is 0 Å². The number of aromatic nitrogens is 2. The third-order valence-electron chi connectivity index (χ3n) is 3.63. The van der Waals surface area contributed by atoms with Gasteiger partial charge >= 0.3 is 0 Å². The standard InChI is InChI=1S/C14H24N4/c1-2-5-12-10-14(17-11-16-12)18-9-4-7-13(18)6-3-8-15/h10-11,13H,2-9,15H2,1H3. The van der Waals surface area contributed by atoms with E-state index in [9.17, 15) is 0 Å². The fourth-order valence-corrected chi connectivity index (χ4v) is 2.73. The van der Waals surface area contributed by atoms with Crippen molar-refractivity contribution >= 4 is 5.82 Å². The van der Waals surface area contributed by atoms with Crippen LogP contribution >= 0.6 is 0 Å². The molecule has 1 aliphatic heterocycles. The van der Waals surface area contributed by atoms with E-state index in [2.05, 4.69) is 27.9 Å². The van der Waals surface area contributed by atoms with Crippen molar-refractivity contribution in [1.29, 1.82) is 0 Å². The third kappa shape index (κ3) is 3.19. The van der Waals surface area contributed by atoms with Crippen molar-refractivity contribution in [3.63, 3.8) is 0 Å². The Bertz CT molecular complexity index is 367. The van der Waals surface area contributed by atoms with E-state index in [0.717, 1.165) is 43.9 Å². The quantitative estimate of drug-likeness (QED) is 0.838. The van der Waals surface area contributed by atoms with Gasteiger partial charge < -0.3 is 10.6 Å². The highest BCUT2D eigenvalue weighted by atomic mass is 15.2. The number of nitrogens with two attached hydrogens (primary N) is 1. The lowest BCUT2D eigenvalue weighted by molar-refractivity contribution is 0.581. The third-order valence-corrected chi connectivity index (χ3v) is 3.63. The summed E-state index contributed by atoms with van der Waals surface area (Å²) in [4.78, 5) is 11.2. The predicted molar refractivity (Wildman–Crippen MR) is 74.7 cm³/mol. The second kappa shape index (κ2) is 6.69. The van der Waals surface area contributed by atoms with Gasteiger partial charge in [0.25, 0.3) is 0 Å². The fraction of sp³-hybridized carbons (Fsp3) is 0.714. The first-order valence-electron chi connectivity index (χ1n) is 7.12. The molecule has 1 atom stereocenters. The molecule has 1 unspecified atom stereocenters. The Morgan fingerprint density at radius 3 is 3.11 bits per heavy atom. The van der Waals surface area contributed by atoms with Gasteiger partial charge in [0, 0.05) is 24.3 Å². The van der Waals surface area contributed by atoms with Crippen molar-refractivity contribution in [2.45, 2.75) is 51.5 Å². The molecule has 0 radical (unpaired) electrons. The van der Waals surface area contributed by atoms with Crippen LogP contribution in [0.4, 0.5) is 5.82 Å². The number of rotatable bonds is 6. The maximum absolute atomic E-state index is 5.61. The molecule has 4 nitrogen and oxygen atoms in total. The van der Waals surface area contributed by atoms with Crippen LogP contribution in [-0.2, 0) is 6.42 Å². The first-order chi connectivity index (χ1) is 8.85. The van der Waals surface area contributed by atoms with E-state index in [-0.39, 0.29) is 0 Å². The van der Waals surface area contributed by atoms with Crippen molar-refractivity contribution in [1.82, 2.24) is 9.97 Å². The normalized spacial score (nSPS) is 19.4. The summed E-state index contributed by atoms with van der Waals surface area (Å²) in [5, 5.41) is 0. The van der Waals surface area contributed by atoms with Gasteiger partial charge in [-0.05, 0) is 38.6 Å². The summed E-state index contributed by atoms with van der Waals surface area (Å²) >= 11 is 0. The SMILES string of the molecule is CCCc1cc(N2CCCC2CCCN)ncn1. The summed E-state index contributed by atoms with van der Waals surface area (Å²) in [6.07, 6.45) is 8.70. The van der Waals surface area contributed by atoms with Crippen molar-refractivity contribution < 1.29 is 0 Å². The largest absolute Gasteiger partial charge is 0.354 e. The Morgan fingerprint density at radius 2 is 2.33 bits per heavy atom. The summed E-state index contributed by atoms with van der Waals surface area (Å²) in [6.45, 7) is 4.09. The molecule has 0 aromatic carbocycles. The number of hydrogen-bond acceptors (Lipinski definition) is 4. The van der Waals surface area contributed by atoms with E-state index in [1.807, 2.05) is 0 Å². The van der Waals surface area contributed by atoms with Gasteiger partial charge in [-0.2, -0.15) is 0 Å². The maximum Gasteiger partial charge on any atom is 0.132 e. The lowest BCUT2D eigenvalue weighted by atomic mass is 10.1. The van der Waals surface area contributed by atoms with Gasteiger partial charge in [0.2, 0.25) is 0 Å². The number of nitrogens with zero attached hydrogens (tertiary/aromatic N) is 3. The van der Waals surface area contributed by atoms with Crippen molar-refractivity contribution in [3.05, 3.63) is 18.1 Å². The van der Waals surface area contributed by atoms with Crippen LogP contribution in [0, 0.1) is 0 Å². The van der Waals surface area contributed by atoms with Crippen molar-refractivity contribution in [2.24, 2.45) is 5.73 Å². The van der Waals surface area contributed by atoms with Gasteiger partial charge in [0.1, 0.15) is 12.1 Å². The smallest absolute Gasteiger partial charge is 0.132 e. The fourth-order valence-electron chi connectivity index (χ4n) is 2.73. The lowest BCUT2D eigenvalue weighted by Gasteiger charge is -2.25. The molecule has 4 heteroatoms. The highest BCUT2D eigenvalue weighted by Crippen LogP contribution is 2.26. The Kier molecular flexibility index (Phi) is 4.93. The molecule has 2 N–H and O–H groups in total. The first-order valence-corrected chi connectivity index (χ1v) is 7.12. The molecular formula is C14H24N4. The molecule has 2 rings (SSSR count). The molecule has 0 aliphatic carbocycles. The van der Waals surface area contributed by atoms with Gasteiger partial charge in [0.15, 0.2) is 0 Å². The van der Waals surface area contributed by atoms with Crippen LogP contribution in [0.5, 0.6) is 0 Å². The Morgan fingerprint density at radius 1 is 1.44 bits per heavy atom. The topological polar surface area (TPSA) is 55.0 Å². The number of aryl methyl sites for hydroxylation is 1. The maximum atomic E-state index is 5.61. The van der Waals surface area contributed by atoms with E-state index in [1.165, 1.54) is 19.3 Å². The molecule has 0 amide bonds. The Labute approximate surface area is 110 Å². The molecule has 1 saturated heterocycles. The predicted octanol–water partition coefficient (Wildman–Crippen LogP) is 2.14. The molecule has 1 fully saturated rings. The van der Waals surface area contributed by atoms with E-state index < -0.39 is 0 Å². The van der Waals surface area contributed by atoms with Gasteiger partial charge in [-0.25, -0.2) is 9.97 Å².